The average molecular weight is 176 g/mol. The second-order valence-corrected chi connectivity index (χ2v) is 3.37. The third kappa shape index (κ3) is 2.60. The molecule has 1 aromatic rings. The maximum atomic E-state index is 5.80. The molecule has 1 atom stereocenters. The molecule has 0 aliphatic carbocycles. The van der Waals surface area contributed by atoms with E-state index in [-0.39, 0.29) is 6.04 Å². The average Bonchev–Trinajstić information content (AvgIpc) is 2.03. The van der Waals surface area contributed by atoms with Crippen LogP contribution in [0.15, 0.2) is 30.8 Å². The smallest absolute Gasteiger partial charge is 0.0390 e. The van der Waals surface area contributed by atoms with Crippen LogP contribution < -0.4 is 11.5 Å². The summed E-state index contributed by atoms with van der Waals surface area (Å²) in [5.74, 6) is 0. The summed E-state index contributed by atoms with van der Waals surface area (Å²) in [6.07, 6.45) is 0.786. The first kappa shape index (κ1) is 9.81. The summed E-state index contributed by atoms with van der Waals surface area (Å²) >= 11 is 0. The van der Waals surface area contributed by atoms with Crippen LogP contribution in [0.3, 0.4) is 0 Å². The van der Waals surface area contributed by atoms with Crippen molar-refractivity contribution < 1.29 is 0 Å². The van der Waals surface area contributed by atoms with Crippen LogP contribution >= 0.6 is 0 Å². The Hall–Kier alpha value is -1.28. The Bertz CT molecular complexity index is 303. The Kier molecular flexibility index (Phi) is 3.09. The van der Waals surface area contributed by atoms with E-state index in [1.165, 1.54) is 0 Å². The van der Waals surface area contributed by atoms with Gasteiger partial charge in [-0.1, -0.05) is 24.8 Å². The van der Waals surface area contributed by atoms with Gasteiger partial charge in [-0.25, -0.2) is 0 Å². The molecule has 1 aromatic carbocycles. The van der Waals surface area contributed by atoms with E-state index >= 15 is 0 Å². The molecular weight excluding hydrogens is 160 g/mol. The predicted molar refractivity (Wildman–Crippen MR) is 58.2 cm³/mol. The predicted octanol–water partition coefficient (Wildman–Crippen LogP) is 2.02. The SMILES string of the molecule is C=C(CC(C)N)c1ccccc1N. The number of hydrogen-bond donors (Lipinski definition) is 2. The van der Waals surface area contributed by atoms with Crippen molar-refractivity contribution in [1.29, 1.82) is 0 Å². The number of rotatable bonds is 3. The normalized spacial score (nSPS) is 12.5. The minimum atomic E-state index is 0.132. The third-order valence-corrected chi connectivity index (χ3v) is 1.91. The van der Waals surface area contributed by atoms with E-state index in [0.29, 0.717) is 0 Å². The van der Waals surface area contributed by atoms with Gasteiger partial charge in [0.2, 0.25) is 0 Å². The van der Waals surface area contributed by atoms with Crippen LogP contribution in [-0.2, 0) is 0 Å². The van der Waals surface area contributed by atoms with E-state index < -0.39 is 0 Å². The summed E-state index contributed by atoms with van der Waals surface area (Å²) < 4.78 is 0. The highest BCUT2D eigenvalue weighted by molar-refractivity contribution is 5.73. The highest BCUT2D eigenvalue weighted by Crippen LogP contribution is 2.22. The lowest BCUT2D eigenvalue weighted by molar-refractivity contribution is 0.768. The molecule has 0 amide bonds. The molecule has 0 aliphatic rings. The largest absolute Gasteiger partial charge is 0.398 e. The third-order valence-electron chi connectivity index (χ3n) is 1.91. The number of para-hydroxylation sites is 1. The van der Waals surface area contributed by atoms with Crippen molar-refractivity contribution in [1.82, 2.24) is 0 Å². The standard InChI is InChI=1S/C11H16N2/c1-8(7-9(2)12)10-5-3-4-6-11(10)13/h3-6,9H,1,7,12-13H2,2H3. The maximum Gasteiger partial charge on any atom is 0.0390 e. The molecule has 0 aliphatic heterocycles. The Balaban J connectivity index is 2.83. The lowest BCUT2D eigenvalue weighted by atomic mass is 10.00. The van der Waals surface area contributed by atoms with Gasteiger partial charge in [-0.05, 0) is 25.0 Å². The molecule has 13 heavy (non-hydrogen) atoms. The van der Waals surface area contributed by atoms with Gasteiger partial charge in [0.25, 0.3) is 0 Å². The molecule has 0 bridgehead atoms. The molecule has 4 N–H and O–H groups in total. The zero-order valence-electron chi connectivity index (χ0n) is 7.96. The summed E-state index contributed by atoms with van der Waals surface area (Å²) in [6, 6.07) is 7.85. The number of hydrogen-bond acceptors (Lipinski definition) is 2. The molecule has 70 valence electrons. The van der Waals surface area contributed by atoms with Crippen LogP contribution in [0, 0.1) is 0 Å². The Morgan fingerprint density at radius 2 is 2.08 bits per heavy atom. The van der Waals surface area contributed by atoms with Crippen LogP contribution in [0.1, 0.15) is 18.9 Å². The van der Waals surface area contributed by atoms with Gasteiger partial charge in [0.15, 0.2) is 0 Å². The summed E-state index contributed by atoms with van der Waals surface area (Å²) in [4.78, 5) is 0. The van der Waals surface area contributed by atoms with Crippen molar-refractivity contribution in [2.24, 2.45) is 5.73 Å². The van der Waals surface area contributed by atoms with Crippen molar-refractivity contribution in [3.8, 4) is 0 Å². The van der Waals surface area contributed by atoms with E-state index in [1.807, 2.05) is 31.2 Å². The fraction of sp³-hybridized carbons (Fsp3) is 0.273. The monoisotopic (exact) mass is 176 g/mol. The molecule has 0 aromatic heterocycles. The summed E-state index contributed by atoms with van der Waals surface area (Å²) in [5.41, 5.74) is 14.3. The highest BCUT2D eigenvalue weighted by atomic mass is 14.6. The van der Waals surface area contributed by atoms with E-state index in [4.69, 9.17) is 11.5 Å². The van der Waals surface area contributed by atoms with Crippen LogP contribution in [0.25, 0.3) is 5.57 Å². The van der Waals surface area contributed by atoms with E-state index in [2.05, 4.69) is 6.58 Å². The van der Waals surface area contributed by atoms with Crippen LogP contribution in [-0.4, -0.2) is 6.04 Å². The number of anilines is 1. The molecule has 1 unspecified atom stereocenters. The van der Waals surface area contributed by atoms with Crippen LogP contribution in [0.5, 0.6) is 0 Å². The van der Waals surface area contributed by atoms with Crippen LogP contribution in [0.2, 0.25) is 0 Å². The topological polar surface area (TPSA) is 52.0 Å². The first-order chi connectivity index (χ1) is 6.11. The summed E-state index contributed by atoms with van der Waals surface area (Å²) in [5, 5.41) is 0. The minimum absolute atomic E-state index is 0.132. The van der Waals surface area contributed by atoms with Crippen molar-refractivity contribution in [3.05, 3.63) is 36.4 Å². The summed E-state index contributed by atoms with van der Waals surface area (Å²) in [6.45, 7) is 5.93. The quantitative estimate of drug-likeness (QED) is 0.692. The van der Waals surface area contributed by atoms with Crippen molar-refractivity contribution in [2.75, 3.05) is 5.73 Å². The molecule has 0 heterocycles. The molecule has 1 rings (SSSR count). The zero-order chi connectivity index (χ0) is 9.84. The van der Waals surface area contributed by atoms with Gasteiger partial charge in [0, 0.05) is 17.3 Å². The van der Waals surface area contributed by atoms with Gasteiger partial charge in [-0.2, -0.15) is 0 Å². The molecule has 0 saturated heterocycles. The number of nitrogen functional groups attached to an aromatic ring is 1. The molecule has 0 saturated carbocycles. The van der Waals surface area contributed by atoms with E-state index in [9.17, 15) is 0 Å². The van der Waals surface area contributed by atoms with Gasteiger partial charge in [-0.3, -0.25) is 0 Å². The lowest BCUT2D eigenvalue weighted by Crippen LogP contribution is -2.14. The minimum Gasteiger partial charge on any atom is -0.398 e. The Morgan fingerprint density at radius 1 is 1.46 bits per heavy atom. The van der Waals surface area contributed by atoms with Gasteiger partial charge in [0.1, 0.15) is 0 Å². The lowest BCUT2D eigenvalue weighted by Gasteiger charge is -2.10. The fourth-order valence-corrected chi connectivity index (χ4v) is 1.32. The Morgan fingerprint density at radius 3 is 2.62 bits per heavy atom. The Labute approximate surface area is 79.2 Å². The van der Waals surface area contributed by atoms with Crippen LogP contribution in [0.4, 0.5) is 5.69 Å². The van der Waals surface area contributed by atoms with Crippen molar-refractivity contribution in [3.63, 3.8) is 0 Å². The van der Waals surface area contributed by atoms with E-state index in [0.717, 1.165) is 23.2 Å². The van der Waals surface area contributed by atoms with Crippen molar-refractivity contribution >= 4 is 11.3 Å². The molecular formula is C11H16N2. The maximum absolute atomic E-state index is 5.80. The fourth-order valence-electron chi connectivity index (χ4n) is 1.32. The van der Waals surface area contributed by atoms with Gasteiger partial charge in [-0.15, -0.1) is 0 Å². The first-order valence-corrected chi connectivity index (χ1v) is 4.39. The summed E-state index contributed by atoms with van der Waals surface area (Å²) in [7, 11) is 0. The van der Waals surface area contributed by atoms with Gasteiger partial charge in [0.05, 0.1) is 0 Å². The first-order valence-electron chi connectivity index (χ1n) is 4.39. The number of benzene rings is 1. The second-order valence-electron chi connectivity index (χ2n) is 3.37. The number of nitrogens with two attached hydrogens (primary N) is 2. The molecule has 0 spiro atoms. The van der Waals surface area contributed by atoms with E-state index in [1.54, 1.807) is 0 Å². The molecule has 0 fully saturated rings. The molecule has 2 heteroatoms. The van der Waals surface area contributed by atoms with Crippen molar-refractivity contribution in [2.45, 2.75) is 19.4 Å². The zero-order valence-corrected chi connectivity index (χ0v) is 7.96. The van der Waals surface area contributed by atoms with Gasteiger partial charge < -0.3 is 11.5 Å². The molecule has 0 radical (unpaired) electrons. The molecule has 2 nitrogen and oxygen atoms in total. The van der Waals surface area contributed by atoms with Gasteiger partial charge >= 0.3 is 0 Å². The second kappa shape index (κ2) is 4.10. The highest BCUT2D eigenvalue weighted by Gasteiger charge is 2.04.